The molecule has 0 heterocycles. The molecule has 1 aromatic carbocycles. The van der Waals surface area contributed by atoms with Gasteiger partial charge in [-0.25, -0.2) is 8.78 Å². The number of amides is 1. The summed E-state index contributed by atoms with van der Waals surface area (Å²) >= 11 is 3.17. The number of hydrogen-bond donors (Lipinski definition) is 1. The van der Waals surface area contributed by atoms with Gasteiger partial charge >= 0.3 is 12.3 Å². The first-order valence-corrected chi connectivity index (χ1v) is 5.32. The second-order valence-electron chi connectivity index (χ2n) is 3.23. The molecule has 0 aliphatic carbocycles. The van der Waals surface area contributed by atoms with Gasteiger partial charge in [0, 0.05) is 11.0 Å². The molecule has 2 nitrogen and oxygen atoms in total. The number of alkyl halides is 4. The zero-order chi connectivity index (χ0) is 13.1. The Morgan fingerprint density at radius 3 is 2.29 bits per heavy atom. The SMILES string of the molecule is O=C(NCc1ccc(Br)cc1)C(F)(F)C(F)F. The number of nitrogens with one attached hydrogen (secondary N) is 1. The third-order valence-electron chi connectivity index (χ3n) is 1.94. The minimum atomic E-state index is -4.66. The van der Waals surface area contributed by atoms with Crippen LogP contribution in [0.5, 0.6) is 0 Å². The molecule has 0 bridgehead atoms. The van der Waals surface area contributed by atoms with Crippen molar-refractivity contribution in [2.75, 3.05) is 0 Å². The Bertz CT molecular complexity index is 394. The summed E-state index contributed by atoms with van der Waals surface area (Å²) in [4.78, 5) is 10.8. The minimum Gasteiger partial charge on any atom is -0.347 e. The largest absolute Gasteiger partial charge is 0.383 e. The maximum absolute atomic E-state index is 12.5. The molecular formula is C10H8BrF4NO. The van der Waals surface area contributed by atoms with E-state index >= 15 is 0 Å². The van der Waals surface area contributed by atoms with Crippen LogP contribution in [0.25, 0.3) is 0 Å². The highest BCUT2D eigenvalue weighted by Crippen LogP contribution is 2.22. The summed E-state index contributed by atoms with van der Waals surface area (Å²) < 4.78 is 49.5. The van der Waals surface area contributed by atoms with E-state index in [1.807, 2.05) is 0 Å². The summed E-state index contributed by atoms with van der Waals surface area (Å²) in [6.07, 6.45) is -4.01. The molecule has 1 aromatic rings. The number of carbonyl (C=O) groups excluding carboxylic acids is 1. The molecule has 94 valence electrons. The van der Waals surface area contributed by atoms with Crippen molar-refractivity contribution in [2.45, 2.75) is 18.9 Å². The fourth-order valence-corrected chi connectivity index (χ4v) is 1.27. The van der Waals surface area contributed by atoms with Gasteiger partial charge in [0.15, 0.2) is 0 Å². The van der Waals surface area contributed by atoms with Gasteiger partial charge in [-0.05, 0) is 17.7 Å². The van der Waals surface area contributed by atoms with Crippen LogP contribution in [0.2, 0.25) is 0 Å². The van der Waals surface area contributed by atoms with E-state index < -0.39 is 18.3 Å². The Hall–Kier alpha value is -1.11. The number of hydrogen-bond acceptors (Lipinski definition) is 1. The zero-order valence-electron chi connectivity index (χ0n) is 8.39. The van der Waals surface area contributed by atoms with Gasteiger partial charge in [0.05, 0.1) is 0 Å². The van der Waals surface area contributed by atoms with E-state index in [-0.39, 0.29) is 6.54 Å². The lowest BCUT2D eigenvalue weighted by molar-refractivity contribution is -0.169. The summed E-state index contributed by atoms with van der Waals surface area (Å²) in [6, 6.07) is 6.44. The Kier molecular flexibility index (Phi) is 4.50. The van der Waals surface area contributed by atoms with E-state index in [9.17, 15) is 22.4 Å². The van der Waals surface area contributed by atoms with E-state index in [1.54, 1.807) is 29.6 Å². The first-order valence-electron chi connectivity index (χ1n) is 4.52. The summed E-state index contributed by atoms with van der Waals surface area (Å²) in [7, 11) is 0. The van der Waals surface area contributed by atoms with Crippen LogP contribution < -0.4 is 5.32 Å². The van der Waals surface area contributed by atoms with Crippen molar-refractivity contribution in [1.82, 2.24) is 5.32 Å². The fraction of sp³-hybridized carbons (Fsp3) is 0.300. The molecule has 0 saturated heterocycles. The van der Waals surface area contributed by atoms with Crippen molar-refractivity contribution in [3.05, 3.63) is 34.3 Å². The normalized spacial score (nSPS) is 11.6. The van der Waals surface area contributed by atoms with Crippen molar-refractivity contribution in [1.29, 1.82) is 0 Å². The van der Waals surface area contributed by atoms with Crippen molar-refractivity contribution in [3.8, 4) is 0 Å². The first-order chi connectivity index (χ1) is 7.84. The van der Waals surface area contributed by atoms with Crippen LogP contribution in [0.15, 0.2) is 28.7 Å². The van der Waals surface area contributed by atoms with Gasteiger partial charge in [-0.2, -0.15) is 8.78 Å². The van der Waals surface area contributed by atoms with Crippen LogP contribution >= 0.6 is 15.9 Å². The highest BCUT2D eigenvalue weighted by molar-refractivity contribution is 9.10. The van der Waals surface area contributed by atoms with Crippen LogP contribution in [0.3, 0.4) is 0 Å². The molecule has 0 aromatic heterocycles. The van der Waals surface area contributed by atoms with Crippen molar-refractivity contribution >= 4 is 21.8 Å². The lowest BCUT2D eigenvalue weighted by atomic mass is 10.2. The summed E-state index contributed by atoms with van der Waals surface area (Å²) in [5, 5.41) is 1.76. The molecular weight excluding hydrogens is 306 g/mol. The van der Waals surface area contributed by atoms with Crippen LogP contribution in [-0.4, -0.2) is 18.3 Å². The average Bonchev–Trinajstić information content (AvgIpc) is 2.27. The zero-order valence-corrected chi connectivity index (χ0v) is 9.98. The minimum absolute atomic E-state index is 0.228. The topological polar surface area (TPSA) is 29.1 Å². The van der Waals surface area contributed by atoms with Gasteiger partial charge in [-0.1, -0.05) is 28.1 Å². The molecule has 0 atom stereocenters. The van der Waals surface area contributed by atoms with Gasteiger partial charge in [-0.3, -0.25) is 4.79 Å². The predicted octanol–water partition coefficient (Wildman–Crippen LogP) is 2.97. The second kappa shape index (κ2) is 5.48. The van der Waals surface area contributed by atoms with Crippen molar-refractivity contribution in [3.63, 3.8) is 0 Å². The Morgan fingerprint density at radius 1 is 1.29 bits per heavy atom. The lowest BCUT2D eigenvalue weighted by Crippen LogP contribution is -2.44. The Balaban J connectivity index is 2.57. The quantitative estimate of drug-likeness (QED) is 0.851. The molecule has 0 radical (unpaired) electrons. The smallest absolute Gasteiger partial charge is 0.347 e. The van der Waals surface area contributed by atoms with E-state index in [1.165, 1.54) is 0 Å². The van der Waals surface area contributed by atoms with Crippen LogP contribution in [0.1, 0.15) is 5.56 Å². The fourth-order valence-electron chi connectivity index (χ4n) is 1.00. The van der Waals surface area contributed by atoms with E-state index in [2.05, 4.69) is 15.9 Å². The molecule has 1 N–H and O–H groups in total. The van der Waals surface area contributed by atoms with E-state index in [0.717, 1.165) is 4.47 Å². The van der Waals surface area contributed by atoms with Crippen LogP contribution in [0, 0.1) is 0 Å². The van der Waals surface area contributed by atoms with E-state index in [4.69, 9.17) is 0 Å². The predicted molar refractivity (Wildman–Crippen MR) is 56.9 cm³/mol. The van der Waals surface area contributed by atoms with Gasteiger partial charge in [0.2, 0.25) is 0 Å². The molecule has 1 rings (SSSR count). The standard InChI is InChI=1S/C10H8BrF4NO/c11-7-3-1-6(2-4-7)5-16-9(17)10(14,15)8(12)13/h1-4,8H,5H2,(H,16,17). The molecule has 0 unspecified atom stereocenters. The maximum atomic E-state index is 12.5. The molecule has 0 saturated carbocycles. The number of rotatable bonds is 4. The van der Waals surface area contributed by atoms with Crippen LogP contribution in [-0.2, 0) is 11.3 Å². The summed E-state index contributed by atoms with van der Waals surface area (Å²) in [5.41, 5.74) is 0.534. The van der Waals surface area contributed by atoms with Gasteiger partial charge in [0.25, 0.3) is 5.91 Å². The summed E-state index contributed by atoms with van der Waals surface area (Å²) in [5.74, 6) is -6.63. The second-order valence-corrected chi connectivity index (χ2v) is 4.15. The number of carbonyl (C=O) groups is 1. The maximum Gasteiger partial charge on any atom is 0.383 e. The summed E-state index contributed by atoms with van der Waals surface area (Å²) in [6.45, 7) is -0.228. The van der Waals surface area contributed by atoms with Gasteiger partial charge < -0.3 is 5.32 Å². The van der Waals surface area contributed by atoms with Crippen molar-refractivity contribution in [2.24, 2.45) is 0 Å². The number of halogens is 5. The number of benzene rings is 1. The molecule has 1 amide bonds. The van der Waals surface area contributed by atoms with Crippen LogP contribution in [0.4, 0.5) is 17.6 Å². The molecule has 0 aliphatic rings. The third kappa shape index (κ3) is 3.69. The molecule has 0 aliphatic heterocycles. The van der Waals surface area contributed by atoms with Gasteiger partial charge in [-0.15, -0.1) is 0 Å². The first kappa shape index (κ1) is 14.0. The molecule has 17 heavy (non-hydrogen) atoms. The highest BCUT2D eigenvalue weighted by Gasteiger charge is 2.48. The van der Waals surface area contributed by atoms with E-state index in [0.29, 0.717) is 5.56 Å². The Morgan fingerprint density at radius 2 is 1.82 bits per heavy atom. The molecule has 0 fully saturated rings. The molecule has 7 heteroatoms. The highest BCUT2D eigenvalue weighted by atomic mass is 79.9. The average molecular weight is 314 g/mol. The van der Waals surface area contributed by atoms with Gasteiger partial charge in [0.1, 0.15) is 0 Å². The monoisotopic (exact) mass is 313 g/mol. The van der Waals surface area contributed by atoms with Crippen molar-refractivity contribution < 1.29 is 22.4 Å². The lowest BCUT2D eigenvalue weighted by Gasteiger charge is -2.14. The Labute approximate surface area is 103 Å². The molecule has 0 spiro atoms. The third-order valence-corrected chi connectivity index (χ3v) is 2.47.